The fourth-order valence-electron chi connectivity index (χ4n) is 1.30. The minimum absolute atomic E-state index is 0.0269. The van der Waals surface area contributed by atoms with Crippen LogP contribution in [0.1, 0.15) is 32.6 Å². The average Bonchev–Trinajstić information content (AvgIpc) is 2.11. The van der Waals surface area contributed by atoms with E-state index in [-0.39, 0.29) is 10.4 Å². The number of hydrogen-bond donors (Lipinski definition) is 3. The summed E-state index contributed by atoms with van der Waals surface area (Å²) in [6.45, 7) is 2.94. The third-order valence-electron chi connectivity index (χ3n) is 2.40. The van der Waals surface area contributed by atoms with E-state index in [4.69, 9.17) is 10.5 Å². The Balaban J connectivity index is 3.94. The lowest BCUT2D eigenvalue weighted by Gasteiger charge is -2.28. The van der Waals surface area contributed by atoms with Crippen LogP contribution < -0.4 is 5.32 Å². The highest BCUT2D eigenvalue weighted by Gasteiger charge is 2.23. The first kappa shape index (κ1) is 13.9. The largest absolute Gasteiger partial charge is 0.465 e. The molecule has 0 aliphatic heterocycles. The number of amides is 1. The van der Waals surface area contributed by atoms with E-state index in [1.807, 2.05) is 14.1 Å². The van der Waals surface area contributed by atoms with Crippen LogP contribution in [0.2, 0.25) is 0 Å². The van der Waals surface area contributed by atoms with Crippen molar-refractivity contribution in [2.45, 2.75) is 32.6 Å². The maximum absolute atomic E-state index is 10.4. The Morgan fingerprint density at radius 1 is 1.33 bits per heavy atom. The number of carboxylic acid groups (broad SMARTS) is 1. The van der Waals surface area contributed by atoms with Crippen molar-refractivity contribution in [2.75, 3.05) is 20.6 Å². The second-order valence-corrected chi connectivity index (χ2v) is 4.25. The molecule has 1 amide bonds. The minimum atomic E-state index is -1.17. The van der Waals surface area contributed by atoms with E-state index >= 15 is 0 Å². The first-order chi connectivity index (χ1) is 6.90. The maximum atomic E-state index is 10.4. The van der Waals surface area contributed by atoms with Crippen molar-refractivity contribution in [1.29, 1.82) is 5.41 Å². The number of unbranched alkanes of at least 4 members (excludes halogenated alkanes) is 3. The molecule has 5 heteroatoms. The number of nitrogens with one attached hydrogen (secondary N) is 2. The van der Waals surface area contributed by atoms with Gasteiger partial charge in [-0.25, -0.2) is 15.5 Å². The molecule has 5 nitrogen and oxygen atoms in total. The van der Waals surface area contributed by atoms with E-state index in [1.54, 1.807) is 0 Å². The topological polar surface area (TPSA) is 73.2 Å². The quantitative estimate of drug-likeness (QED) is 0.284. The normalized spacial score (nSPS) is 11.1. The lowest BCUT2D eigenvalue weighted by Crippen LogP contribution is -2.53. The molecule has 0 aliphatic rings. The number of guanidine groups is 1. The van der Waals surface area contributed by atoms with Gasteiger partial charge in [0.25, 0.3) is 0 Å². The van der Waals surface area contributed by atoms with Crippen LogP contribution in [0.3, 0.4) is 0 Å². The van der Waals surface area contributed by atoms with Gasteiger partial charge >= 0.3 is 12.1 Å². The molecule has 0 saturated heterocycles. The third-order valence-corrected chi connectivity index (χ3v) is 2.40. The fourth-order valence-corrected chi connectivity index (χ4v) is 1.30. The summed E-state index contributed by atoms with van der Waals surface area (Å²) in [6, 6.07) is 0. The molecule has 3 N–H and O–H groups in total. The molecule has 0 rings (SSSR count). The van der Waals surface area contributed by atoms with Gasteiger partial charge in [-0.3, -0.25) is 4.48 Å². The number of nitrogens with zero attached hydrogens (tertiary/aromatic N) is 1. The van der Waals surface area contributed by atoms with Crippen molar-refractivity contribution >= 4 is 12.1 Å². The van der Waals surface area contributed by atoms with Gasteiger partial charge in [0.2, 0.25) is 0 Å². The number of rotatable bonds is 5. The van der Waals surface area contributed by atoms with Crippen LogP contribution >= 0.6 is 0 Å². The summed E-state index contributed by atoms with van der Waals surface area (Å²) in [7, 11) is 3.68. The second-order valence-electron chi connectivity index (χ2n) is 4.25. The Bertz CT molecular complexity index is 227. The van der Waals surface area contributed by atoms with Gasteiger partial charge in [0.05, 0.1) is 20.6 Å². The molecule has 15 heavy (non-hydrogen) atoms. The lowest BCUT2D eigenvalue weighted by molar-refractivity contribution is -0.802. The predicted molar refractivity (Wildman–Crippen MR) is 60.0 cm³/mol. The first-order valence-electron chi connectivity index (χ1n) is 5.32. The maximum Gasteiger partial charge on any atom is 0.414 e. The lowest BCUT2D eigenvalue weighted by atomic mass is 10.2. The summed E-state index contributed by atoms with van der Waals surface area (Å²) in [5.41, 5.74) is 0. The van der Waals surface area contributed by atoms with Crippen molar-refractivity contribution in [2.24, 2.45) is 0 Å². The highest BCUT2D eigenvalue weighted by Crippen LogP contribution is 2.05. The average molecular weight is 216 g/mol. The molecular formula is C10H22N3O2+. The van der Waals surface area contributed by atoms with Crippen LogP contribution in [0.15, 0.2) is 0 Å². The number of carbonyl (C=O) groups is 1. The zero-order chi connectivity index (χ0) is 11.9. The monoisotopic (exact) mass is 216 g/mol. The SMILES string of the molecule is CCCCCC[N+](C)(C)C(=N)NC(=O)O. The molecule has 0 unspecified atom stereocenters. The Hall–Kier alpha value is -1.10. The summed E-state index contributed by atoms with van der Waals surface area (Å²) < 4.78 is 0.288. The molecule has 0 saturated carbocycles. The Morgan fingerprint density at radius 3 is 2.40 bits per heavy atom. The smallest absolute Gasteiger partial charge is 0.414 e. The van der Waals surface area contributed by atoms with Crippen molar-refractivity contribution in [3.63, 3.8) is 0 Å². The van der Waals surface area contributed by atoms with Gasteiger partial charge in [-0.2, -0.15) is 0 Å². The van der Waals surface area contributed by atoms with Crippen molar-refractivity contribution in [1.82, 2.24) is 5.32 Å². The Morgan fingerprint density at radius 2 is 1.93 bits per heavy atom. The minimum Gasteiger partial charge on any atom is -0.465 e. The van der Waals surface area contributed by atoms with Crippen LogP contribution in [0.4, 0.5) is 4.79 Å². The summed E-state index contributed by atoms with van der Waals surface area (Å²) in [4.78, 5) is 10.4. The summed E-state index contributed by atoms with van der Waals surface area (Å²) in [5.74, 6) is 0.0269. The van der Waals surface area contributed by atoms with Crippen molar-refractivity contribution < 1.29 is 14.4 Å². The molecule has 0 fully saturated rings. The molecule has 88 valence electrons. The standard InChI is InChI=1S/C10H21N3O2/c1-4-5-6-7-8-13(2,3)9(11)12-10(14)15/h4-8H2,1-3H3,(H2-,11,12,14,15)/p+1. The van der Waals surface area contributed by atoms with E-state index in [1.165, 1.54) is 12.8 Å². The van der Waals surface area contributed by atoms with E-state index in [0.717, 1.165) is 19.4 Å². The molecule has 0 aromatic carbocycles. The van der Waals surface area contributed by atoms with Crippen molar-refractivity contribution in [3.8, 4) is 0 Å². The third kappa shape index (κ3) is 6.06. The van der Waals surface area contributed by atoms with E-state index in [0.29, 0.717) is 0 Å². The van der Waals surface area contributed by atoms with Gasteiger partial charge in [-0.15, -0.1) is 0 Å². The molecule has 0 spiro atoms. The summed E-state index contributed by atoms with van der Waals surface area (Å²) >= 11 is 0. The van der Waals surface area contributed by atoms with Gasteiger partial charge in [0.1, 0.15) is 0 Å². The molecule has 0 atom stereocenters. The van der Waals surface area contributed by atoms with Crippen LogP contribution in [-0.4, -0.2) is 42.3 Å². The van der Waals surface area contributed by atoms with Crippen LogP contribution in [0.5, 0.6) is 0 Å². The molecule has 0 heterocycles. The molecule has 0 radical (unpaired) electrons. The van der Waals surface area contributed by atoms with Gasteiger partial charge < -0.3 is 5.11 Å². The molecule has 0 aromatic heterocycles. The van der Waals surface area contributed by atoms with Crippen molar-refractivity contribution in [3.05, 3.63) is 0 Å². The van der Waals surface area contributed by atoms with Gasteiger partial charge in [0, 0.05) is 0 Å². The molecule has 0 aromatic rings. The van der Waals surface area contributed by atoms with E-state index < -0.39 is 6.09 Å². The highest BCUT2D eigenvalue weighted by molar-refractivity contribution is 5.87. The highest BCUT2D eigenvalue weighted by atomic mass is 16.4. The van der Waals surface area contributed by atoms with Gasteiger partial charge in [-0.05, 0) is 12.8 Å². The first-order valence-corrected chi connectivity index (χ1v) is 5.32. The zero-order valence-corrected chi connectivity index (χ0v) is 9.84. The molecular weight excluding hydrogens is 194 g/mol. The zero-order valence-electron chi connectivity index (χ0n) is 9.84. The van der Waals surface area contributed by atoms with Gasteiger partial charge in [-0.1, -0.05) is 19.8 Å². The molecule has 0 bridgehead atoms. The number of hydrogen-bond acceptors (Lipinski definition) is 2. The van der Waals surface area contributed by atoms with Crippen LogP contribution in [-0.2, 0) is 0 Å². The second kappa shape index (κ2) is 6.40. The van der Waals surface area contributed by atoms with Crippen LogP contribution in [0.25, 0.3) is 0 Å². The predicted octanol–water partition coefficient (Wildman–Crippen LogP) is 1.85. The summed E-state index contributed by atoms with van der Waals surface area (Å²) in [6.07, 6.45) is 3.36. The van der Waals surface area contributed by atoms with E-state index in [2.05, 4.69) is 12.2 Å². The van der Waals surface area contributed by atoms with Gasteiger partial charge in [0.15, 0.2) is 0 Å². The fraction of sp³-hybridized carbons (Fsp3) is 0.800. The van der Waals surface area contributed by atoms with E-state index in [9.17, 15) is 4.79 Å². The van der Waals surface area contributed by atoms with Crippen LogP contribution in [0, 0.1) is 5.41 Å². The Labute approximate surface area is 91.2 Å². The molecule has 0 aliphatic carbocycles. The summed E-state index contributed by atoms with van der Waals surface area (Å²) in [5, 5.41) is 18.2. The Kier molecular flexibility index (Phi) is 5.93. The number of quaternary nitrogens is 1.